The van der Waals surface area contributed by atoms with Gasteiger partial charge in [-0.2, -0.15) is 0 Å². The second-order valence-electron chi connectivity index (χ2n) is 3.13. The van der Waals surface area contributed by atoms with E-state index < -0.39 is 6.09 Å². The molecule has 0 aromatic rings. The van der Waals surface area contributed by atoms with Crippen LogP contribution < -0.4 is 10.6 Å². The number of hydrogen-bond donors (Lipinski definition) is 3. The van der Waals surface area contributed by atoms with E-state index in [0.717, 1.165) is 25.7 Å². The van der Waals surface area contributed by atoms with Crippen LogP contribution in [0.5, 0.6) is 0 Å². The molecule has 0 unspecified atom stereocenters. The first-order valence-electron chi connectivity index (χ1n) is 4.96. The molecule has 0 aliphatic rings. The summed E-state index contributed by atoms with van der Waals surface area (Å²) in [5, 5.41) is 13.7. The molecule has 0 saturated carbocycles. The molecule has 0 aliphatic carbocycles. The first-order valence-corrected chi connectivity index (χ1v) is 6.08. The molecule has 0 aromatic carbocycles. The molecule has 0 saturated heterocycles. The lowest BCUT2D eigenvalue weighted by atomic mass is 10.2. The van der Waals surface area contributed by atoms with Crippen molar-refractivity contribution < 1.29 is 14.7 Å². The van der Waals surface area contributed by atoms with Crippen molar-refractivity contribution >= 4 is 27.9 Å². The molecule has 0 radical (unpaired) electrons. The van der Waals surface area contributed by atoms with Crippen molar-refractivity contribution in [1.82, 2.24) is 10.6 Å². The van der Waals surface area contributed by atoms with E-state index in [1.165, 1.54) is 0 Å². The van der Waals surface area contributed by atoms with Crippen molar-refractivity contribution in [2.45, 2.75) is 25.7 Å². The standard InChI is InChI=1S/C9H17BrN2O3/c10-7-8(13)11-5-3-1-2-4-6-12-9(14)15/h12H,1-7H2,(H,11,13)(H,14,15). The van der Waals surface area contributed by atoms with Gasteiger partial charge >= 0.3 is 6.09 Å². The summed E-state index contributed by atoms with van der Waals surface area (Å²) in [6.45, 7) is 1.19. The first-order chi connectivity index (χ1) is 7.16. The van der Waals surface area contributed by atoms with E-state index in [9.17, 15) is 9.59 Å². The van der Waals surface area contributed by atoms with Gasteiger partial charge in [-0.3, -0.25) is 4.79 Å². The van der Waals surface area contributed by atoms with Gasteiger partial charge in [-0.15, -0.1) is 0 Å². The maximum Gasteiger partial charge on any atom is 0.404 e. The minimum absolute atomic E-state index is 0.00236. The van der Waals surface area contributed by atoms with Crippen molar-refractivity contribution in [3.05, 3.63) is 0 Å². The number of halogens is 1. The molecule has 0 heterocycles. The van der Waals surface area contributed by atoms with Gasteiger partial charge in [0.1, 0.15) is 0 Å². The van der Waals surface area contributed by atoms with Gasteiger partial charge in [-0.25, -0.2) is 4.79 Å². The summed E-state index contributed by atoms with van der Waals surface area (Å²) in [5.74, 6) is 0.00236. The van der Waals surface area contributed by atoms with Crippen LogP contribution in [-0.2, 0) is 4.79 Å². The predicted molar refractivity (Wildman–Crippen MR) is 61.3 cm³/mol. The number of carbonyl (C=O) groups is 2. The second kappa shape index (κ2) is 9.76. The Morgan fingerprint density at radius 1 is 1.00 bits per heavy atom. The zero-order valence-corrected chi connectivity index (χ0v) is 10.2. The van der Waals surface area contributed by atoms with E-state index in [4.69, 9.17) is 5.11 Å². The second-order valence-corrected chi connectivity index (χ2v) is 3.69. The fourth-order valence-electron chi connectivity index (χ4n) is 1.07. The van der Waals surface area contributed by atoms with Gasteiger partial charge in [0, 0.05) is 13.1 Å². The van der Waals surface area contributed by atoms with E-state index in [2.05, 4.69) is 26.6 Å². The number of carboxylic acid groups (broad SMARTS) is 1. The van der Waals surface area contributed by atoms with Crippen LogP contribution in [0.3, 0.4) is 0 Å². The monoisotopic (exact) mass is 280 g/mol. The van der Waals surface area contributed by atoms with Crippen LogP contribution in [-0.4, -0.2) is 35.5 Å². The van der Waals surface area contributed by atoms with Gasteiger partial charge in [-0.05, 0) is 12.8 Å². The molecule has 15 heavy (non-hydrogen) atoms. The van der Waals surface area contributed by atoms with Gasteiger partial charge in [0.2, 0.25) is 5.91 Å². The number of carbonyl (C=O) groups excluding carboxylic acids is 1. The van der Waals surface area contributed by atoms with Gasteiger partial charge < -0.3 is 15.7 Å². The van der Waals surface area contributed by atoms with Gasteiger partial charge in [0.25, 0.3) is 0 Å². The molecule has 0 fully saturated rings. The molecule has 0 aliphatic heterocycles. The van der Waals surface area contributed by atoms with Crippen LogP contribution in [0.4, 0.5) is 4.79 Å². The highest BCUT2D eigenvalue weighted by Crippen LogP contribution is 1.97. The number of unbranched alkanes of at least 4 members (excludes halogenated alkanes) is 3. The average molecular weight is 281 g/mol. The highest BCUT2D eigenvalue weighted by Gasteiger charge is 1.96. The molecular formula is C9H17BrN2O3. The third-order valence-electron chi connectivity index (χ3n) is 1.82. The average Bonchev–Trinajstić information content (AvgIpc) is 2.21. The zero-order chi connectivity index (χ0) is 11.5. The summed E-state index contributed by atoms with van der Waals surface area (Å²) in [5.41, 5.74) is 0. The molecule has 5 nitrogen and oxygen atoms in total. The van der Waals surface area contributed by atoms with Crippen LogP contribution in [0.25, 0.3) is 0 Å². The molecule has 0 rings (SSSR count). The number of hydrogen-bond acceptors (Lipinski definition) is 2. The Labute approximate surface area is 97.7 Å². The fourth-order valence-corrected chi connectivity index (χ4v) is 1.27. The lowest BCUT2D eigenvalue weighted by molar-refractivity contribution is -0.118. The Hall–Kier alpha value is -0.780. The van der Waals surface area contributed by atoms with Crippen LogP contribution in [0.15, 0.2) is 0 Å². The maximum absolute atomic E-state index is 10.8. The number of rotatable bonds is 8. The summed E-state index contributed by atoms with van der Waals surface area (Å²) in [4.78, 5) is 20.9. The van der Waals surface area contributed by atoms with Gasteiger partial charge in [0.15, 0.2) is 0 Å². The zero-order valence-electron chi connectivity index (χ0n) is 8.59. The van der Waals surface area contributed by atoms with Crippen LogP contribution in [0.1, 0.15) is 25.7 Å². The molecular weight excluding hydrogens is 264 g/mol. The molecule has 0 spiro atoms. The van der Waals surface area contributed by atoms with Gasteiger partial charge in [-0.1, -0.05) is 28.8 Å². The third-order valence-corrected chi connectivity index (χ3v) is 2.33. The number of amides is 2. The van der Waals surface area contributed by atoms with E-state index in [0.29, 0.717) is 18.4 Å². The van der Waals surface area contributed by atoms with E-state index in [1.807, 2.05) is 0 Å². The lowest BCUT2D eigenvalue weighted by Crippen LogP contribution is -2.25. The summed E-state index contributed by atoms with van der Waals surface area (Å²) >= 11 is 3.06. The van der Waals surface area contributed by atoms with Crippen molar-refractivity contribution in [1.29, 1.82) is 0 Å². The van der Waals surface area contributed by atoms with Crippen molar-refractivity contribution in [2.75, 3.05) is 18.4 Å². The summed E-state index contributed by atoms with van der Waals surface area (Å²) < 4.78 is 0. The SMILES string of the molecule is O=C(O)NCCCCCCNC(=O)CBr. The Morgan fingerprint density at radius 2 is 1.53 bits per heavy atom. The molecule has 0 atom stereocenters. The molecule has 3 N–H and O–H groups in total. The highest BCUT2D eigenvalue weighted by atomic mass is 79.9. The fraction of sp³-hybridized carbons (Fsp3) is 0.778. The Bertz CT molecular complexity index is 200. The predicted octanol–water partition coefficient (Wildman–Crippen LogP) is 1.33. The lowest BCUT2D eigenvalue weighted by Gasteiger charge is -2.03. The molecule has 0 bridgehead atoms. The molecule has 2 amide bonds. The van der Waals surface area contributed by atoms with E-state index in [1.54, 1.807) is 0 Å². The summed E-state index contributed by atoms with van der Waals surface area (Å²) in [6, 6.07) is 0. The van der Waals surface area contributed by atoms with Crippen LogP contribution in [0, 0.1) is 0 Å². The Balaban J connectivity index is 3.05. The molecule has 0 aromatic heterocycles. The Kier molecular flexibility index (Phi) is 9.26. The third kappa shape index (κ3) is 11.1. The van der Waals surface area contributed by atoms with Crippen LogP contribution >= 0.6 is 15.9 Å². The maximum atomic E-state index is 10.8. The topological polar surface area (TPSA) is 78.4 Å². The Morgan fingerprint density at radius 3 is 2.00 bits per heavy atom. The normalized spacial score (nSPS) is 9.67. The molecule has 6 heteroatoms. The summed E-state index contributed by atoms with van der Waals surface area (Å²) in [7, 11) is 0. The van der Waals surface area contributed by atoms with Crippen molar-refractivity contribution in [3.8, 4) is 0 Å². The summed E-state index contributed by atoms with van der Waals surface area (Å²) in [6.07, 6.45) is 2.79. The van der Waals surface area contributed by atoms with E-state index >= 15 is 0 Å². The smallest absolute Gasteiger partial charge is 0.404 e. The van der Waals surface area contributed by atoms with Crippen molar-refractivity contribution in [2.24, 2.45) is 0 Å². The quantitative estimate of drug-likeness (QED) is 0.464. The first kappa shape index (κ1) is 14.2. The highest BCUT2D eigenvalue weighted by molar-refractivity contribution is 9.09. The van der Waals surface area contributed by atoms with Crippen molar-refractivity contribution in [3.63, 3.8) is 0 Å². The van der Waals surface area contributed by atoms with Gasteiger partial charge in [0.05, 0.1) is 5.33 Å². The molecule has 88 valence electrons. The van der Waals surface area contributed by atoms with E-state index in [-0.39, 0.29) is 5.91 Å². The largest absolute Gasteiger partial charge is 0.465 e. The van der Waals surface area contributed by atoms with Crippen LogP contribution in [0.2, 0.25) is 0 Å². The number of alkyl halides is 1. The number of nitrogens with one attached hydrogen (secondary N) is 2. The minimum Gasteiger partial charge on any atom is -0.465 e. The minimum atomic E-state index is -0.973.